The zero-order valence-corrected chi connectivity index (χ0v) is 17.5. The van der Waals surface area contributed by atoms with E-state index in [2.05, 4.69) is 55.2 Å². The van der Waals surface area contributed by atoms with Crippen LogP contribution in [0.5, 0.6) is 0 Å². The molecule has 1 saturated heterocycles. The molecule has 0 spiro atoms. The lowest BCUT2D eigenvalue weighted by molar-refractivity contribution is 0.152. The van der Waals surface area contributed by atoms with Crippen LogP contribution < -0.4 is 10.6 Å². The molecule has 0 radical (unpaired) electrons. The Balaban J connectivity index is 2.18. The molecule has 5 heteroatoms. The summed E-state index contributed by atoms with van der Waals surface area (Å²) in [7, 11) is 2.21. The molecule has 1 aliphatic heterocycles. The van der Waals surface area contributed by atoms with E-state index in [4.69, 9.17) is 4.99 Å². The van der Waals surface area contributed by atoms with Gasteiger partial charge >= 0.3 is 0 Å². The van der Waals surface area contributed by atoms with E-state index in [1.807, 2.05) is 0 Å². The van der Waals surface area contributed by atoms with Crippen LogP contribution in [0, 0.1) is 5.92 Å². The molecule has 2 N–H and O–H groups in total. The van der Waals surface area contributed by atoms with Gasteiger partial charge in [-0.25, -0.2) is 0 Å². The van der Waals surface area contributed by atoms with Crippen molar-refractivity contribution in [3.8, 4) is 0 Å². The van der Waals surface area contributed by atoms with E-state index in [1.54, 1.807) is 0 Å². The van der Waals surface area contributed by atoms with Crippen LogP contribution in [0.25, 0.3) is 0 Å². The normalized spacial score (nSPS) is 18.6. The van der Waals surface area contributed by atoms with Crippen molar-refractivity contribution in [3.05, 3.63) is 0 Å². The summed E-state index contributed by atoms with van der Waals surface area (Å²) in [6.45, 7) is 16.9. The summed E-state index contributed by atoms with van der Waals surface area (Å²) in [5, 5.41) is 6.94. The molecule has 0 bridgehead atoms. The van der Waals surface area contributed by atoms with Crippen LogP contribution in [0.1, 0.15) is 59.8 Å². The topological polar surface area (TPSA) is 42.9 Å². The van der Waals surface area contributed by atoms with Crippen LogP contribution >= 0.6 is 0 Å². The SMILES string of the molecule is CCNC(=NCCCCN1CCN(C)CC1)NC(C)CCCC(C)C. The van der Waals surface area contributed by atoms with Crippen molar-refractivity contribution in [3.63, 3.8) is 0 Å². The van der Waals surface area contributed by atoms with Gasteiger partial charge in [0.1, 0.15) is 0 Å². The summed E-state index contributed by atoms with van der Waals surface area (Å²) in [5.74, 6) is 1.79. The quantitative estimate of drug-likeness (QED) is 0.340. The molecule has 0 aromatic carbocycles. The Hall–Kier alpha value is -0.810. The minimum absolute atomic E-state index is 0.488. The van der Waals surface area contributed by atoms with Crippen molar-refractivity contribution < 1.29 is 0 Å². The van der Waals surface area contributed by atoms with E-state index in [0.29, 0.717) is 6.04 Å². The lowest BCUT2D eigenvalue weighted by Crippen LogP contribution is -2.44. The Labute approximate surface area is 156 Å². The number of guanidine groups is 1. The second kappa shape index (κ2) is 13.4. The van der Waals surface area contributed by atoms with Gasteiger partial charge in [0.25, 0.3) is 0 Å². The number of piperazine rings is 1. The molecule has 25 heavy (non-hydrogen) atoms. The van der Waals surface area contributed by atoms with E-state index < -0.39 is 0 Å². The van der Waals surface area contributed by atoms with Gasteiger partial charge in [0, 0.05) is 45.3 Å². The van der Waals surface area contributed by atoms with Gasteiger partial charge in [-0.2, -0.15) is 0 Å². The Morgan fingerprint density at radius 2 is 1.72 bits per heavy atom. The van der Waals surface area contributed by atoms with Crippen molar-refractivity contribution in [2.75, 3.05) is 52.9 Å². The van der Waals surface area contributed by atoms with E-state index in [1.165, 1.54) is 64.8 Å². The molecule has 1 aliphatic rings. The molecule has 1 unspecified atom stereocenters. The molecule has 0 aromatic rings. The molecule has 1 heterocycles. The van der Waals surface area contributed by atoms with Gasteiger partial charge in [-0.1, -0.05) is 26.7 Å². The van der Waals surface area contributed by atoms with Crippen molar-refractivity contribution in [2.24, 2.45) is 10.9 Å². The zero-order chi connectivity index (χ0) is 18.5. The Morgan fingerprint density at radius 1 is 1.00 bits per heavy atom. The lowest BCUT2D eigenvalue weighted by Gasteiger charge is -2.32. The summed E-state index contributed by atoms with van der Waals surface area (Å²) in [6, 6.07) is 0.488. The fourth-order valence-corrected chi connectivity index (χ4v) is 3.17. The highest BCUT2D eigenvalue weighted by Crippen LogP contribution is 2.08. The summed E-state index contributed by atoms with van der Waals surface area (Å²) in [4.78, 5) is 9.76. The Morgan fingerprint density at radius 3 is 2.36 bits per heavy atom. The van der Waals surface area contributed by atoms with E-state index in [-0.39, 0.29) is 0 Å². The van der Waals surface area contributed by atoms with Crippen LogP contribution in [-0.2, 0) is 0 Å². The third kappa shape index (κ3) is 11.4. The average molecular weight is 354 g/mol. The fraction of sp³-hybridized carbons (Fsp3) is 0.950. The molecule has 0 aliphatic carbocycles. The third-order valence-corrected chi connectivity index (χ3v) is 4.89. The molecule has 5 nitrogen and oxygen atoms in total. The van der Waals surface area contributed by atoms with Crippen molar-refractivity contribution in [2.45, 2.75) is 65.8 Å². The maximum Gasteiger partial charge on any atom is 0.191 e. The highest BCUT2D eigenvalue weighted by Gasteiger charge is 2.12. The van der Waals surface area contributed by atoms with Crippen molar-refractivity contribution in [1.82, 2.24) is 20.4 Å². The lowest BCUT2D eigenvalue weighted by atomic mass is 10.0. The molecule has 0 saturated carbocycles. The first-order chi connectivity index (χ1) is 12.0. The second-order valence-corrected chi connectivity index (χ2v) is 7.98. The van der Waals surface area contributed by atoms with Crippen LogP contribution in [0.4, 0.5) is 0 Å². The van der Waals surface area contributed by atoms with Crippen LogP contribution in [0.2, 0.25) is 0 Å². The minimum atomic E-state index is 0.488. The van der Waals surface area contributed by atoms with Crippen molar-refractivity contribution in [1.29, 1.82) is 0 Å². The van der Waals surface area contributed by atoms with Crippen LogP contribution in [-0.4, -0.2) is 74.7 Å². The van der Waals surface area contributed by atoms with Gasteiger partial charge in [-0.15, -0.1) is 0 Å². The average Bonchev–Trinajstić information content (AvgIpc) is 2.56. The number of hydrogen-bond donors (Lipinski definition) is 2. The molecule has 148 valence electrons. The Kier molecular flexibility index (Phi) is 11.9. The molecule has 0 aromatic heterocycles. The zero-order valence-electron chi connectivity index (χ0n) is 17.5. The van der Waals surface area contributed by atoms with Gasteiger partial charge in [0.15, 0.2) is 5.96 Å². The van der Waals surface area contributed by atoms with Crippen LogP contribution in [0.3, 0.4) is 0 Å². The van der Waals surface area contributed by atoms with Gasteiger partial charge in [-0.05, 0) is 52.6 Å². The summed E-state index contributed by atoms with van der Waals surface area (Å²) >= 11 is 0. The number of aliphatic imine (C=N–C) groups is 1. The number of unbranched alkanes of at least 4 members (excludes halogenated alkanes) is 1. The largest absolute Gasteiger partial charge is 0.357 e. The molecule has 1 rings (SSSR count). The molecular weight excluding hydrogens is 310 g/mol. The van der Waals surface area contributed by atoms with E-state index >= 15 is 0 Å². The summed E-state index contributed by atoms with van der Waals surface area (Å²) in [5.41, 5.74) is 0. The maximum atomic E-state index is 4.76. The summed E-state index contributed by atoms with van der Waals surface area (Å²) < 4.78 is 0. The predicted octanol–water partition coefficient (Wildman–Crippen LogP) is 2.78. The Bertz CT molecular complexity index is 348. The molecule has 1 atom stereocenters. The molecule has 1 fully saturated rings. The standard InChI is InChI=1S/C20H43N5/c1-6-21-20(23-19(4)11-9-10-18(2)3)22-12-7-8-13-25-16-14-24(5)15-17-25/h18-19H,6-17H2,1-5H3,(H2,21,22,23). The first-order valence-electron chi connectivity index (χ1n) is 10.5. The van der Waals surface area contributed by atoms with Gasteiger partial charge in [0.05, 0.1) is 0 Å². The first kappa shape index (κ1) is 22.2. The van der Waals surface area contributed by atoms with E-state index in [9.17, 15) is 0 Å². The minimum Gasteiger partial charge on any atom is -0.357 e. The predicted molar refractivity (Wildman–Crippen MR) is 110 cm³/mol. The van der Waals surface area contributed by atoms with Crippen molar-refractivity contribution >= 4 is 5.96 Å². The molecule has 0 amide bonds. The first-order valence-corrected chi connectivity index (χ1v) is 10.5. The van der Waals surface area contributed by atoms with Gasteiger partial charge in [-0.3, -0.25) is 4.99 Å². The highest BCUT2D eigenvalue weighted by molar-refractivity contribution is 5.79. The summed E-state index contributed by atoms with van der Waals surface area (Å²) in [6.07, 6.45) is 6.23. The smallest absolute Gasteiger partial charge is 0.191 e. The second-order valence-electron chi connectivity index (χ2n) is 7.98. The van der Waals surface area contributed by atoms with Gasteiger partial charge in [0.2, 0.25) is 0 Å². The number of rotatable bonds is 11. The van der Waals surface area contributed by atoms with E-state index in [0.717, 1.165) is 25.0 Å². The number of hydrogen-bond acceptors (Lipinski definition) is 3. The fourth-order valence-electron chi connectivity index (χ4n) is 3.17. The monoisotopic (exact) mass is 353 g/mol. The maximum absolute atomic E-state index is 4.76. The number of likely N-dealkylation sites (N-methyl/N-ethyl adjacent to an activating group) is 1. The molecular formula is C20H43N5. The number of nitrogens with one attached hydrogen (secondary N) is 2. The number of nitrogens with zero attached hydrogens (tertiary/aromatic N) is 3. The van der Waals surface area contributed by atoms with Gasteiger partial charge < -0.3 is 20.4 Å². The highest BCUT2D eigenvalue weighted by atomic mass is 15.2. The third-order valence-electron chi connectivity index (χ3n) is 4.89. The van der Waals surface area contributed by atoms with Crippen LogP contribution in [0.15, 0.2) is 4.99 Å².